The lowest BCUT2D eigenvalue weighted by molar-refractivity contribution is -0.122. The third-order valence-corrected chi connectivity index (χ3v) is 3.20. The summed E-state index contributed by atoms with van der Waals surface area (Å²) < 4.78 is 5.77. The number of ether oxygens (including phenoxy) is 1. The van der Waals surface area contributed by atoms with Crippen LogP contribution in [0.15, 0.2) is 24.3 Å². The van der Waals surface area contributed by atoms with Crippen LogP contribution in [0.5, 0.6) is 5.75 Å². The van der Waals surface area contributed by atoms with Crippen molar-refractivity contribution < 1.29 is 9.53 Å². The van der Waals surface area contributed by atoms with E-state index in [-0.39, 0.29) is 17.9 Å². The Labute approximate surface area is 120 Å². The fourth-order valence-corrected chi connectivity index (χ4v) is 2.01. The third kappa shape index (κ3) is 4.85. The molecular weight excluding hydrogens is 252 g/mol. The van der Waals surface area contributed by atoms with Crippen LogP contribution in [0.2, 0.25) is 0 Å². The van der Waals surface area contributed by atoms with E-state index in [0.29, 0.717) is 6.54 Å². The van der Waals surface area contributed by atoms with Gasteiger partial charge in [0.2, 0.25) is 5.91 Å². The minimum absolute atomic E-state index is 0.175. The highest BCUT2D eigenvalue weighted by atomic mass is 16.5. The van der Waals surface area contributed by atoms with E-state index in [1.807, 2.05) is 32.0 Å². The number of para-hydroxylation sites is 1. The average molecular weight is 276 g/mol. The molecule has 1 saturated carbocycles. The Morgan fingerprint density at radius 3 is 2.75 bits per heavy atom. The van der Waals surface area contributed by atoms with Crippen LogP contribution >= 0.6 is 0 Å². The van der Waals surface area contributed by atoms with Gasteiger partial charge in [-0.1, -0.05) is 18.2 Å². The van der Waals surface area contributed by atoms with E-state index in [9.17, 15) is 4.79 Å². The second-order valence-corrected chi connectivity index (χ2v) is 5.52. The van der Waals surface area contributed by atoms with Crippen molar-refractivity contribution in [3.05, 3.63) is 29.8 Å². The van der Waals surface area contributed by atoms with E-state index in [1.165, 1.54) is 0 Å². The first-order chi connectivity index (χ1) is 9.66. The number of amides is 1. The first-order valence-electron chi connectivity index (χ1n) is 7.40. The summed E-state index contributed by atoms with van der Waals surface area (Å²) in [5.41, 5.74) is 1.15. The first-order valence-corrected chi connectivity index (χ1v) is 7.40. The Morgan fingerprint density at radius 2 is 2.05 bits per heavy atom. The van der Waals surface area contributed by atoms with Crippen LogP contribution in [0, 0.1) is 5.92 Å². The standard InChI is InChI=1S/C16H24N2O2/c1-12(2)20-15-6-4-3-5-14(15)11-17-9-10-18-16(19)13-7-8-13/h3-6,12-13,17H,7-11H2,1-2H3,(H,18,19). The summed E-state index contributed by atoms with van der Waals surface area (Å²) in [6.07, 6.45) is 2.28. The zero-order valence-electron chi connectivity index (χ0n) is 12.3. The molecule has 0 aliphatic heterocycles. The Bertz CT molecular complexity index is 442. The number of carbonyl (C=O) groups excluding carboxylic acids is 1. The molecule has 0 atom stereocenters. The van der Waals surface area contributed by atoms with Crippen molar-refractivity contribution in [2.24, 2.45) is 5.92 Å². The molecule has 1 fully saturated rings. The monoisotopic (exact) mass is 276 g/mol. The zero-order valence-corrected chi connectivity index (χ0v) is 12.3. The average Bonchev–Trinajstić information content (AvgIpc) is 3.23. The number of carbonyl (C=O) groups is 1. The molecule has 0 heterocycles. The molecule has 1 amide bonds. The van der Waals surface area contributed by atoms with Crippen molar-refractivity contribution in [3.8, 4) is 5.75 Å². The third-order valence-electron chi connectivity index (χ3n) is 3.20. The Kier molecular flexibility index (Phi) is 5.41. The minimum atomic E-state index is 0.175. The molecule has 1 aromatic carbocycles. The van der Waals surface area contributed by atoms with Gasteiger partial charge in [-0.15, -0.1) is 0 Å². The number of hydrogen-bond donors (Lipinski definition) is 2. The molecule has 110 valence electrons. The van der Waals surface area contributed by atoms with E-state index in [4.69, 9.17) is 4.74 Å². The molecule has 2 rings (SSSR count). The van der Waals surface area contributed by atoms with E-state index in [0.717, 1.165) is 37.2 Å². The van der Waals surface area contributed by atoms with Crippen molar-refractivity contribution in [1.82, 2.24) is 10.6 Å². The molecule has 0 unspecified atom stereocenters. The van der Waals surface area contributed by atoms with Crippen molar-refractivity contribution >= 4 is 5.91 Å². The van der Waals surface area contributed by atoms with Gasteiger partial charge in [-0.2, -0.15) is 0 Å². The molecule has 4 nitrogen and oxygen atoms in total. The second-order valence-electron chi connectivity index (χ2n) is 5.52. The van der Waals surface area contributed by atoms with Crippen LogP contribution in [0.25, 0.3) is 0 Å². The lowest BCUT2D eigenvalue weighted by atomic mass is 10.2. The molecule has 0 saturated heterocycles. The van der Waals surface area contributed by atoms with Crippen LogP contribution in [0.3, 0.4) is 0 Å². The molecule has 4 heteroatoms. The molecule has 0 bridgehead atoms. The lowest BCUT2D eigenvalue weighted by Gasteiger charge is -2.14. The number of nitrogens with one attached hydrogen (secondary N) is 2. The summed E-state index contributed by atoms with van der Waals surface area (Å²) in [5.74, 6) is 1.42. The van der Waals surface area contributed by atoms with Gasteiger partial charge in [-0.05, 0) is 32.8 Å². The van der Waals surface area contributed by atoms with Crippen LogP contribution in [0.4, 0.5) is 0 Å². The molecule has 0 radical (unpaired) electrons. The Balaban J connectivity index is 1.69. The summed E-state index contributed by atoms with van der Waals surface area (Å²) in [4.78, 5) is 11.5. The Hall–Kier alpha value is -1.55. The molecular formula is C16H24N2O2. The van der Waals surface area contributed by atoms with Crippen LogP contribution in [-0.2, 0) is 11.3 Å². The van der Waals surface area contributed by atoms with Gasteiger partial charge in [0.15, 0.2) is 0 Å². The van der Waals surface area contributed by atoms with Crippen molar-refractivity contribution in [2.75, 3.05) is 13.1 Å². The topological polar surface area (TPSA) is 50.4 Å². The van der Waals surface area contributed by atoms with Crippen LogP contribution < -0.4 is 15.4 Å². The Morgan fingerprint density at radius 1 is 1.30 bits per heavy atom. The van der Waals surface area contributed by atoms with Crippen molar-refractivity contribution in [3.63, 3.8) is 0 Å². The van der Waals surface area contributed by atoms with Crippen LogP contribution in [0.1, 0.15) is 32.3 Å². The highest BCUT2D eigenvalue weighted by Gasteiger charge is 2.28. The predicted molar refractivity (Wildman–Crippen MR) is 79.6 cm³/mol. The highest BCUT2D eigenvalue weighted by molar-refractivity contribution is 5.80. The summed E-state index contributed by atoms with van der Waals surface area (Å²) in [6, 6.07) is 8.05. The molecule has 2 N–H and O–H groups in total. The van der Waals surface area contributed by atoms with Gasteiger partial charge < -0.3 is 15.4 Å². The van der Waals surface area contributed by atoms with Gasteiger partial charge in [-0.3, -0.25) is 4.79 Å². The molecule has 1 aliphatic rings. The number of hydrogen-bond acceptors (Lipinski definition) is 3. The van der Waals surface area contributed by atoms with Gasteiger partial charge in [0.05, 0.1) is 6.10 Å². The number of rotatable bonds is 8. The largest absolute Gasteiger partial charge is 0.491 e. The zero-order chi connectivity index (χ0) is 14.4. The van der Waals surface area contributed by atoms with Crippen molar-refractivity contribution in [1.29, 1.82) is 0 Å². The SMILES string of the molecule is CC(C)Oc1ccccc1CNCCNC(=O)C1CC1. The second kappa shape index (κ2) is 7.29. The quantitative estimate of drug-likeness (QED) is 0.715. The van der Waals surface area contributed by atoms with Gasteiger partial charge in [-0.25, -0.2) is 0 Å². The summed E-state index contributed by atoms with van der Waals surface area (Å²) in [6.45, 7) is 6.26. The van der Waals surface area contributed by atoms with Gasteiger partial charge in [0.1, 0.15) is 5.75 Å². The van der Waals surface area contributed by atoms with Gasteiger partial charge >= 0.3 is 0 Å². The summed E-state index contributed by atoms with van der Waals surface area (Å²) >= 11 is 0. The smallest absolute Gasteiger partial charge is 0.223 e. The summed E-state index contributed by atoms with van der Waals surface area (Å²) in [5, 5.41) is 6.28. The van der Waals surface area contributed by atoms with Crippen molar-refractivity contribution in [2.45, 2.75) is 39.3 Å². The maximum atomic E-state index is 11.5. The minimum Gasteiger partial charge on any atom is -0.491 e. The lowest BCUT2D eigenvalue weighted by Crippen LogP contribution is -2.32. The molecule has 20 heavy (non-hydrogen) atoms. The van der Waals surface area contributed by atoms with E-state index < -0.39 is 0 Å². The fraction of sp³-hybridized carbons (Fsp3) is 0.562. The fourth-order valence-electron chi connectivity index (χ4n) is 2.01. The summed E-state index contributed by atoms with van der Waals surface area (Å²) in [7, 11) is 0. The maximum Gasteiger partial charge on any atom is 0.223 e. The highest BCUT2D eigenvalue weighted by Crippen LogP contribution is 2.28. The number of benzene rings is 1. The van der Waals surface area contributed by atoms with Gasteiger partial charge in [0, 0.05) is 31.1 Å². The van der Waals surface area contributed by atoms with E-state index >= 15 is 0 Å². The van der Waals surface area contributed by atoms with Crippen LogP contribution in [-0.4, -0.2) is 25.1 Å². The molecule has 0 spiro atoms. The normalized spacial score (nSPS) is 14.3. The maximum absolute atomic E-state index is 11.5. The first kappa shape index (κ1) is 14.9. The van der Waals surface area contributed by atoms with Gasteiger partial charge in [0.25, 0.3) is 0 Å². The molecule has 0 aromatic heterocycles. The van der Waals surface area contributed by atoms with E-state index in [2.05, 4.69) is 16.7 Å². The molecule has 1 aliphatic carbocycles. The predicted octanol–water partition coefficient (Wildman–Crippen LogP) is 2.09. The molecule has 1 aromatic rings. The van der Waals surface area contributed by atoms with E-state index in [1.54, 1.807) is 0 Å².